The first-order valence-electron chi connectivity index (χ1n) is 10.3. The van der Waals surface area contributed by atoms with Crippen molar-refractivity contribution < 1.29 is 17.9 Å². The first-order valence-corrected chi connectivity index (χ1v) is 12.1. The molecular weight excluding hydrogens is 428 g/mol. The van der Waals surface area contributed by atoms with Crippen LogP contribution < -0.4 is 5.32 Å². The van der Waals surface area contributed by atoms with Gasteiger partial charge in [0.2, 0.25) is 5.91 Å². The highest BCUT2D eigenvalue weighted by Crippen LogP contribution is 2.19. The van der Waals surface area contributed by atoms with Crippen LogP contribution in [-0.2, 0) is 19.7 Å². The van der Waals surface area contributed by atoms with Crippen LogP contribution in [0.5, 0.6) is 0 Å². The summed E-state index contributed by atoms with van der Waals surface area (Å²) in [5.74, 6) is -0.0791. The summed E-state index contributed by atoms with van der Waals surface area (Å²) < 4.78 is 34.6. The Bertz CT molecular complexity index is 818. The Morgan fingerprint density at radius 1 is 1.10 bits per heavy atom. The number of ether oxygens (including phenoxy) is 1. The van der Waals surface area contributed by atoms with Crippen LogP contribution in [0.4, 0.5) is 0 Å². The predicted molar refractivity (Wildman–Crippen MR) is 117 cm³/mol. The number of nitrogens with zero attached hydrogens (tertiary/aromatic N) is 3. The molecule has 2 aliphatic rings. The van der Waals surface area contributed by atoms with Crippen LogP contribution in [0.15, 0.2) is 24.3 Å². The predicted octanol–water partition coefficient (Wildman–Crippen LogP) is 1.49. The average molecular weight is 459 g/mol. The molecule has 0 radical (unpaired) electrons. The van der Waals surface area contributed by atoms with Gasteiger partial charge in [0.05, 0.1) is 24.8 Å². The molecule has 0 aliphatic carbocycles. The average Bonchev–Trinajstić information content (AvgIpc) is 2.68. The van der Waals surface area contributed by atoms with E-state index in [1.807, 2.05) is 37.8 Å². The zero-order valence-corrected chi connectivity index (χ0v) is 19.3. The maximum absolute atomic E-state index is 13.0. The van der Waals surface area contributed by atoms with E-state index in [0.29, 0.717) is 44.3 Å². The normalized spacial score (nSPS) is 25.7. The van der Waals surface area contributed by atoms with Gasteiger partial charge in [-0.2, -0.15) is 17.0 Å². The lowest BCUT2D eigenvalue weighted by Crippen LogP contribution is -2.57. The third-order valence-corrected chi connectivity index (χ3v) is 7.71. The van der Waals surface area contributed by atoms with Gasteiger partial charge in [-0.25, -0.2) is 0 Å². The van der Waals surface area contributed by atoms with E-state index in [1.54, 1.807) is 12.1 Å². The largest absolute Gasteiger partial charge is 0.373 e. The smallest absolute Gasteiger partial charge is 0.282 e. The molecule has 0 aromatic heterocycles. The maximum Gasteiger partial charge on any atom is 0.282 e. The fourth-order valence-corrected chi connectivity index (χ4v) is 5.80. The van der Waals surface area contributed by atoms with Crippen LogP contribution in [0.2, 0.25) is 5.02 Å². The molecule has 3 rings (SSSR count). The SMILES string of the molecule is CC1CN(S(=O)(=O)N2CCN(CC(=O)NC(C)c3ccc(Cl)cc3)CC2)CC(C)O1. The number of carbonyl (C=O) groups excluding carboxylic acids is 1. The van der Waals surface area contributed by atoms with E-state index in [1.165, 1.54) is 8.61 Å². The van der Waals surface area contributed by atoms with Crippen LogP contribution in [0, 0.1) is 0 Å². The van der Waals surface area contributed by atoms with Crippen molar-refractivity contribution in [2.75, 3.05) is 45.8 Å². The van der Waals surface area contributed by atoms with Gasteiger partial charge in [-0.15, -0.1) is 0 Å². The van der Waals surface area contributed by atoms with Crippen LogP contribution >= 0.6 is 11.6 Å². The van der Waals surface area contributed by atoms with Crippen LogP contribution in [0.25, 0.3) is 0 Å². The molecule has 1 aromatic rings. The van der Waals surface area contributed by atoms with Gasteiger partial charge in [-0.05, 0) is 38.5 Å². The van der Waals surface area contributed by atoms with Gasteiger partial charge in [0.25, 0.3) is 10.2 Å². The fourth-order valence-electron chi connectivity index (χ4n) is 3.93. The van der Waals surface area contributed by atoms with E-state index in [0.717, 1.165) is 5.56 Å². The first kappa shape index (κ1) is 23.4. The van der Waals surface area contributed by atoms with Crippen molar-refractivity contribution in [3.05, 3.63) is 34.9 Å². The van der Waals surface area contributed by atoms with Crippen molar-refractivity contribution in [1.29, 1.82) is 0 Å². The highest BCUT2D eigenvalue weighted by atomic mass is 35.5. The van der Waals surface area contributed by atoms with Gasteiger partial charge in [-0.3, -0.25) is 9.69 Å². The van der Waals surface area contributed by atoms with Crippen molar-refractivity contribution >= 4 is 27.7 Å². The van der Waals surface area contributed by atoms with Gasteiger partial charge < -0.3 is 10.1 Å². The van der Waals surface area contributed by atoms with E-state index in [-0.39, 0.29) is 30.7 Å². The van der Waals surface area contributed by atoms with Gasteiger partial charge in [0.1, 0.15) is 0 Å². The molecule has 0 bridgehead atoms. The number of hydrogen-bond acceptors (Lipinski definition) is 5. The number of halogens is 1. The molecule has 3 unspecified atom stereocenters. The van der Waals surface area contributed by atoms with E-state index >= 15 is 0 Å². The monoisotopic (exact) mass is 458 g/mol. The fraction of sp³-hybridized carbons (Fsp3) is 0.650. The minimum Gasteiger partial charge on any atom is -0.373 e. The maximum atomic E-state index is 13.0. The number of hydrogen-bond donors (Lipinski definition) is 1. The van der Waals surface area contributed by atoms with Crippen molar-refractivity contribution in [2.24, 2.45) is 0 Å². The van der Waals surface area contributed by atoms with E-state index < -0.39 is 10.2 Å². The molecule has 30 heavy (non-hydrogen) atoms. The second-order valence-corrected chi connectivity index (χ2v) is 10.5. The molecule has 0 spiro atoms. The lowest BCUT2D eigenvalue weighted by atomic mass is 10.1. The van der Waals surface area contributed by atoms with Gasteiger partial charge in [0, 0.05) is 44.3 Å². The first-order chi connectivity index (χ1) is 14.1. The second-order valence-electron chi connectivity index (χ2n) is 8.10. The second kappa shape index (κ2) is 9.93. The summed E-state index contributed by atoms with van der Waals surface area (Å²) in [4.78, 5) is 14.4. The number of morpholine rings is 1. The van der Waals surface area contributed by atoms with Crippen molar-refractivity contribution in [3.63, 3.8) is 0 Å². The van der Waals surface area contributed by atoms with Crippen molar-refractivity contribution in [3.8, 4) is 0 Å². The summed E-state index contributed by atoms with van der Waals surface area (Å²) in [7, 11) is -3.51. The van der Waals surface area contributed by atoms with E-state index in [4.69, 9.17) is 16.3 Å². The zero-order valence-electron chi connectivity index (χ0n) is 17.8. The lowest BCUT2D eigenvalue weighted by Gasteiger charge is -2.40. The molecule has 2 aliphatic heterocycles. The number of rotatable bonds is 6. The lowest BCUT2D eigenvalue weighted by molar-refractivity contribution is -0.123. The number of piperazine rings is 1. The van der Waals surface area contributed by atoms with Gasteiger partial charge >= 0.3 is 0 Å². The molecule has 10 heteroatoms. The number of benzene rings is 1. The molecule has 2 saturated heterocycles. The van der Waals surface area contributed by atoms with Crippen molar-refractivity contribution in [1.82, 2.24) is 18.8 Å². The summed E-state index contributed by atoms with van der Waals surface area (Å²) in [6.07, 6.45) is -0.229. The molecule has 2 heterocycles. The third kappa shape index (κ3) is 5.93. The quantitative estimate of drug-likeness (QED) is 0.698. The molecule has 0 saturated carbocycles. The highest BCUT2D eigenvalue weighted by Gasteiger charge is 2.36. The molecule has 2 fully saturated rings. The van der Waals surface area contributed by atoms with E-state index in [9.17, 15) is 13.2 Å². The van der Waals surface area contributed by atoms with Gasteiger partial charge in [-0.1, -0.05) is 23.7 Å². The van der Waals surface area contributed by atoms with Crippen LogP contribution in [0.3, 0.4) is 0 Å². The topological polar surface area (TPSA) is 82.2 Å². The summed E-state index contributed by atoms with van der Waals surface area (Å²) in [5, 5.41) is 3.65. The van der Waals surface area contributed by atoms with Crippen LogP contribution in [0.1, 0.15) is 32.4 Å². The van der Waals surface area contributed by atoms with E-state index in [2.05, 4.69) is 5.32 Å². The molecule has 1 aromatic carbocycles. The Morgan fingerprint density at radius 3 is 2.23 bits per heavy atom. The summed E-state index contributed by atoms with van der Waals surface area (Å²) >= 11 is 5.91. The molecule has 168 valence electrons. The number of amides is 1. The number of nitrogens with one attached hydrogen (secondary N) is 1. The zero-order chi connectivity index (χ0) is 21.9. The Hall–Kier alpha value is -1.23. The Balaban J connectivity index is 1.48. The minimum atomic E-state index is -3.51. The summed E-state index contributed by atoms with van der Waals surface area (Å²) in [6.45, 7) is 8.50. The molecule has 1 amide bonds. The van der Waals surface area contributed by atoms with Crippen LogP contribution in [-0.4, -0.2) is 85.9 Å². The summed E-state index contributed by atoms with van der Waals surface area (Å²) in [6, 6.07) is 7.26. The molecule has 8 nitrogen and oxygen atoms in total. The Kier molecular flexibility index (Phi) is 7.76. The summed E-state index contributed by atoms with van der Waals surface area (Å²) in [5.41, 5.74) is 0.984. The van der Waals surface area contributed by atoms with Crippen molar-refractivity contribution in [2.45, 2.75) is 39.0 Å². The third-order valence-electron chi connectivity index (χ3n) is 5.48. The number of carbonyl (C=O) groups is 1. The molecule has 3 atom stereocenters. The Morgan fingerprint density at radius 2 is 1.67 bits per heavy atom. The standard InChI is InChI=1S/C20H31ClN4O4S/c1-15-12-25(13-16(2)29-15)30(27,28)24-10-8-23(9-11-24)14-20(26)22-17(3)18-4-6-19(21)7-5-18/h4-7,15-17H,8-14H2,1-3H3,(H,22,26). The Labute approximate surface area is 184 Å². The highest BCUT2D eigenvalue weighted by molar-refractivity contribution is 7.86. The molecule has 1 N–H and O–H groups in total. The van der Waals surface area contributed by atoms with Gasteiger partial charge in [0.15, 0.2) is 0 Å². The minimum absolute atomic E-state index is 0.0791. The molecular formula is C20H31ClN4O4S.